The number of unbranched alkanes of at least 4 members (excludes halogenated alkanes) is 13. The smallest absolute Gasteiger partial charge is 0.338 e. The molecular weight excluding hydrogens is 381 g/mol. The summed E-state index contributed by atoms with van der Waals surface area (Å²) in [5, 5.41) is 0.400. The predicted octanol–water partition coefficient (Wildman–Crippen LogP) is 8.03. The Bertz CT molecular complexity index is 503. The van der Waals surface area contributed by atoms with Crippen molar-refractivity contribution in [1.82, 2.24) is 4.98 Å². The van der Waals surface area contributed by atoms with Crippen molar-refractivity contribution in [2.45, 2.75) is 96.8 Å². The van der Waals surface area contributed by atoms with E-state index in [-0.39, 0.29) is 10.3 Å². The van der Waals surface area contributed by atoms with Crippen LogP contribution in [0.2, 0.25) is 10.3 Å². The fourth-order valence-corrected chi connectivity index (χ4v) is 3.59. The molecule has 0 aromatic carbocycles. The summed E-state index contributed by atoms with van der Waals surface area (Å²) in [5.41, 5.74) is 0.352. The van der Waals surface area contributed by atoms with E-state index in [2.05, 4.69) is 11.9 Å². The van der Waals surface area contributed by atoms with Gasteiger partial charge < -0.3 is 4.74 Å². The molecule has 0 bridgehead atoms. The van der Waals surface area contributed by atoms with E-state index in [0.29, 0.717) is 12.2 Å². The number of esters is 1. The minimum absolute atomic E-state index is 0.200. The average Bonchev–Trinajstić information content (AvgIpc) is 2.64. The van der Waals surface area contributed by atoms with Crippen molar-refractivity contribution in [3.8, 4) is 0 Å². The van der Waals surface area contributed by atoms with Crippen molar-refractivity contribution in [2.24, 2.45) is 0 Å². The van der Waals surface area contributed by atoms with Gasteiger partial charge in [0, 0.05) is 0 Å². The molecule has 1 aromatic heterocycles. The van der Waals surface area contributed by atoms with Crippen LogP contribution in [0.5, 0.6) is 0 Å². The van der Waals surface area contributed by atoms with Gasteiger partial charge in [-0.2, -0.15) is 0 Å². The zero-order valence-corrected chi connectivity index (χ0v) is 18.3. The summed E-state index contributed by atoms with van der Waals surface area (Å²) in [6.45, 7) is 2.70. The lowest BCUT2D eigenvalue weighted by Crippen LogP contribution is -2.07. The first-order valence-electron chi connectivity index (χ1n) is 10.6. The molecule has 0 fully saturated rings. The molecule has 0 unspecified atom stereocenters. The zero-order valence-electron chi connectivity index (χ0n) is 16.8. The molecule has 0 aliphatic rings. The summed E-state index contributed by atoms with van der Waals surface area (Å²) in [7, 11) is 0. The third kappa shape index (κ3) is 13.1. The average molecular weight is 416 g/mol. The van der Waals surface area contributed by atoms with E-state index in [1.807, 2.05) is 0 Å². The molecule has 0 atom stereocenters. The summed E-state index contributed by atoms with van der Waals surface area (Å²) in [5.74, 6) is -0.393. The molecule has 1 rings (SSSR count). The second-order valence-corrected chi connectivity index (χ2v) is 8.01. The van der Waals surface area contributed by atoms with Crippen LogP contribution < -0.4 is 0 Å². The molecule has 5 heteroatoms. The molecule has 0 amide bonds. The van der Waals surface area contributed by atoms with Crippen molar-refractivity contribution in [3.63, 3.8) is 0 Å². The summed E-state index contributed by atoms with van der Waals surface area (Å²) < 4.78 is 5.26. The molecule has 0 radical (unpaired) electrons. The van der Waals surface area contributed by atoms with E-state index >= 15 is 0 Å². The van der Waals surface area contributed by atoms with Crippen LogP contribution in [-0.4, -0.2) is 17.6 Å². The van der Waals surface area contributed by atoms with Crippen LogP contribution >= 0.6 is 23.2 Å². The molecule has 0 saturated carbocycles. The molecule has 27 heavy (non-hydrogen) atoms. The molecule has 0 aliphatic carbocycles. The molecule has 0 saturated heterocycles. The van der Waals surface area contributed by atoms with E-state index < -0.39 is 5.97 Å². The van der Waals surface area contributed by atoms with Gasteiger partial charge >= 0.3 is 5.97 Å². The highest BCUT2D eigenvalue weighted by molar-refractivity contribution is 6.32. The number of carbonyl (C=O) groups excluding carboxylic acids is 1. The summed E-state index contributed by atoms with van der Waals surface area (Å²) in [4.78, 5) is 15.7. The van der Waals surface area contributed by atoms with Gasteiger partial charge in [0.05, 0.1) is 12.2 Å². The van der Waals surface area contributed by atoms with Crippen LogP contribution in [0, 0.1) is 0 Å². The van der Waals surface area contributed by atoms with Crippen LogP contribution in [-0.2, 0) is 4.74 Å². The standard InChI is InChI=1S/C22H35Cl2NO2/c1-2-3-4-5-6-7-8-9-10-11-12-13-14-15-16-27-22(26)19-17-20(23)25-21(24)18-19/h17-18H,2-16H2,1H3. The highest BCUT2D eigenvalue weighted by Crippen LogP contribution is 2.16. The Labute approximate surface area is 175 Å². The Morgan fingerprint density at radius 1 is 0.778 bits per heavy atom. The van der Waals surface area contributed by atoms with Crippen molar-refractivity contribution in [1.29, 1.82) is 0 Å². The first-order valence-corrected chi connectivity index (χ1v) is 11.4. The summed E-state index contributed by atoms with van der Waals surface area (Å²) >= 11 is 11.6. The van der Waals surface area contributed by atoms with Gasteiger partial charge in [-0.1, -0.05) is 114 Å². The lowest BCUT2D eigenvalue weighted by atomic mass is 10.0. The third-order valence-electron chi connectivity index (χ3n) is 4.73. The molecule has 154 valence electrons. The Morgan fingerprint density at radius 3 is 1.63 bits per heavy atom. The fourth-order valence-electron chi connectivity index (χ4n) is 3.13. The summed E-state index contributed by atoms with van der Waals surface area (Å²) in [6, 6.07) is 2.95. The van der Waals surface area contributed by atoms with Gasteiger partial charge in [0.25, 0.3) is 0 Å². The Balaban J connectivity index is 1.88. The van der Waals surface area contributed by atoms with Crippen LogP contribution in [0.3, 0.4) is 0 Å². The van der Waals surface area contributed by atoms with E-state index in [9.17, 15) is 4.79 Å². The minimum Gasteiger partial charge on any atom is -0.462 e. The van der Waals surface area contributed by atoms with Gasteiger partial charge in [-0.05, 0) is 18.6 Å². The first kappa shape index (κ1) is 24.2. The Kier molecular flexibility index (Phi) is 14.5. The van der Waals surface area contributed by atoms with Crippen molar-refractivity contribution >= 4 is 29.2 Å². The zero-order chi connectivity index (χ0) is 19.7. The first-order chi connectivity index (χ1) is 13.1. The van der Waals surface area contributed by atoms with Crippen molar-refractivity contribution in [2.75, 3.05) is 6.61 Å². The number of hydrogen-bond acceptors (Lipinski definition) is 3. The molecule has 1 aromatic rings. The molecule has 0 N–H and O–H groups in total. The molecule has 0 aliphatic heterocycles. The van der Waals surface area contributed by atoms with E-state index in [0.717, 1.165) is 12.8 Å². The second-order valence-electron chi connectivity index (χ2n) is 7.23. The number of rotatable bonds is 16. The topological polar surface area (TPSA) is 39.2 Å². The van der Waals surface area contributed by atoms with Crippen LogP contribution in [0.4, 0.5) is 0 Å². The Hall–Kier alpha value is -0.800. The molecule has 1 heterocycles. The highest BCUT2D eigenvalue weighted by atomic mass is 35.5. The lowest BCUT2D eigenvalue weighted by molar-refractivity contribution is 0.0497. The van der Waals surface area contributed by atoms with E-state index in [4.69, 9.17) is 27.9 Å². The van der Waals surface area contributed by atoms with Crippen LogP contribution in [0.1, 0.15) is 107 Å². The molecular formula is C22H35Cl2NO2. The SMILES string of the molecule is CCCCCCCCCCCCCCCCOC(=O)c1cc(Cl)nc(Cl)c1. The predicted molar refractivity (Wildman–Crippen MR) is 115 cm³/mol. The highest BCUT2D eigenvalue weighted by Gasteiger charge is 2.09. The number of pyridine rings is 1. The van der Waals surface area contributed by atoms with Gasteiger partial charge in [0.2, 0.25) is 0 Å². The van der Waals surface area contributed by atoms with Gasteiger partial charge in [0.15, 0.2) is 0 Å². The number of aromatic nitrogens is 1. The molecule has 3 nitrogen and oxygen atoms in total. The van der Waals surface area contributed by atoms with Crippen molar-refractivity contribution < 1.29 is 9.53 Å². The van der Waals surface area contributed by atoms with Crippen LogP contribution in [0.15, 0.2) is 12.1 Å². The third-order valence-corrected chi connectivity index (χ3v) is 5.12. The number of halogens is 2. The Morgan fingerprint density at radius 2 is 1.19 bits per heavy atom. The maximum absolute atomic E-state index is 11.9. The monoisotopic (exact) mass is 415 g/mol. The number of ether oxygens (including phenoxy) is 1. The summed E-state index contributed by atoms with van der Waals surface area (Å²) in [6.07, 6.45) is 18.3. The van der Waals surface area contributed by atoms with E-state index in [1.165, 1.54) is 89.2 Å². The van der Waals surface area contributed by atoms with Gasteiger partial charge in [-0.15, -0.1) is 0 Å². The normalized spacial score (nSPS) is 10.9. The van der Waals surface area contributed by atoms with E-state index in [1.54, 1.807) is 0 Å². The van der Waals surface area contributed by atoms with Gasteiger partial charge in [-0.25, -0.2) is 9.78 Å². The second kappa shape index (κ2) is 16.2. The maximum atomic E-state index is 11.9. The van der Waals surface area contributed by atoms with Crippen molar-refractivity contribution in [3.05, 3.63) is 28.0 Å². The fraction of sp³-hybridized carbons (Fsp3) is 0.727. The minimum atomic E-state index is -0.393. The quantitative estimate of drug-likeness (QED) is 0.156. The number of nitrogens with zero attached hydrogens (tertiary/aromatic N) is 1. The van der Waals surface area contributed by atoms with Crippen LogP contribution in [0.25, 0.3) is 0 Å². The lowest BCUT2D eigenvalue weighted by Gasteiger charge is -2.06. The number of carbonyl (C=O) groups is 1. The molecule has 0 spiro atoms. The maximum Gasteiger partial charge on any atom is 0.338 e. The van der Waals surface area contributed by atoms with Gasteiger partial charge in [-0.3, -0.25) is 0 Å². The largest absolute Gasteiger partial charge is 0.462 e. The number of hydrogen-bond donors (Lipinski definition) is 0. The van der Waals surface area contributed by atoms with Gasteiger partial charge in [0.1, 0.15) is 10.3 Å².